The zero-order valence-electron chi connectivity index (χ0n) is 17.9. The zero-order chi connectivity index (χ0) is 22.9. The summed E-state index contributed by atoms with van der Waals surface area (Å²) in [5.41, 5.74) is 7.93. The van der Waals surface area contributed by atoms with Gasteiger partial charge in [-0.1, -0.05) is 29.5 Å². The van der Waals surface area contributed by atoms with Gasteiger partial charge < -0.3 is 20.8 Å². The van der Waals surface area contributed by atoms with Gasteiger partial charge in [0.15, 0.2) is 5.13 Å². The third-order valence-electron chi connectivity index (χ3n) is 4.49. The Morgan fingerprint density at radius 3 is 2.66 bits per heavy atom. The van der Waals surface area contributed by atoms with Crippen LogP contribution in [0.5, 0.6) is 0 Å². The van der Waals surface area contributed by atoms with Crippen molar-refractivity contribution in [3.63, 3.8) is 0 Å². The van der Waals surface area contributed by atoms with Gasteiger partial charge in [-0.05, 0) is 38.0 Å². The normalized spacial score (nSPS) is 11.4. The first-order valence-corrected chi connectivity index (χ1v) is 11.9. The lowest BCUT2D eigenvalue weighted by Gasteiger charge is -2.07. The van der Waals surface area contributed by atoms with Crippen LogP contribution in [0, 0.1) is 0 Å². The van der Waals surface area contributed by atoms with E-state index < -0.39 is 0 Å². The summed E-state index contributed by atoms with van der Waals surface area (Å²) in [5, 5.41) is 6.05. The summed E-state index contributed by atoms with van der Waals surface area (Å²) < 4.78 is 6.66. The molecule has 0 fully saturated rings. The minimum Gasteiger partial charge on any atom is -0.440 e. The van der Waals surface area contributed by atoms with Crippen molar-refractivity contribution < 1.29 is 14.0 Å². The molecule has 2 aromatic heterocycles. The Balaban J connectivity index is 1.38. The fourth-order valence-electron chi connectivity index (χ4n) is 2.63. The number of rotatable bonds is 10. The van der Waals surface area contributed by atoms with Crippen molar-refractivity contribution >= 4 is 57.0 Å². The molecule has 2 amide bonds. The van der Waals surface area contributed by atoms with Crippen LogP contribution in [-0.2, 0) is 15.3 Å². The second-order valence-electron chi connectivity index (χ2n) is 6.90. The van der Waals surface area contributed by atoms with E-state index in [2.05, 4.69) is 20.6 Å². The maximum atomic E-state index is 12.2. The number of benzene rings is 1. The average Bonchev–Trinajstić information content (AvgIpc) is 3.43. The van der Waals surface area contributed by atoms with Gasteiger partial charge in [0.25, 0.3) is 0 Å². The van der Waals surface area contributed by atoms with E-state index in [0.717, 1.165) is 15.5 Å². The summed E-state index contributed by atoms with van der Waals surface area (Å²) in [6.45, 7) is 3.93. The van der Waals surface area contributed by atoms with Crippen LogP contribution in [0.25, 0.3) is 5.57 Å². The molecule has 0 bridgehead atoms. The van der Waals surface area contributed by atoms with Gasteiger partial charge >= 0.3 is 0 Å². The molecule has 0 unspecified atom stereocenters. The second kappa shape index (κ2) is 11.5. The molecule has 3 rings (SSSR count). The smallest absolute Gasteiger partial charge is 0.226 e. The zero-order valence-corrected chi connectivity index (χ0v) is 19.5. The SMILES string of the molecule is C/C=C(/C)c1cnc(CSc2cnc(NC(=O)CCCC(=O)Nc3ccccc3N)s2)o1. The highest BCUT2D eigenvalue weighted by atomic mass is 32.2. The number of thioether (sulfide) groups is 1. The minimum atomic E-state index is -0.179. The Kier molecular flexibility index (Phi) is 8.46. The number of nitrogens with zero attached hydrogens (tertiary/aromatic N) is 2. The fourth-order valence-corrected chi connectivity index (χ4v) is 4.38. The number of hydrogen-bond donors (Lipinski definition) is 3. The van der Waals surface area contributed by atoms with Gasteiger partial charge in [-0.3, -0.25) is 9.59 Å². The molecule has 0 atom stereocenters. The molecule has 2 heterocycles. The van der Waals surface area contributed by atoms with Crippen molar-refractivity contribution in [3.8, 4) is 0 Å². The molecule has 0 aliphatic heterocycles. The number of para-hydroxylation sites is 2. The molecule has 8 nitrogen and oxygen atoms in total. The van der Waals surface area contributed by atoms with Crippen LogP contribution in [0.3, 0.4) is 0 Å². The number of nitrogens with one attached hydrogen (secondary N) is 2. The Morgan fingerprint density at radius 2 is 1.91 bits per heavy atom. The maximum Gasteiger partial charge on any atom is 0.226 e. The standard InChI is InChI=1S/C22H25N5O3S2/c1-3-14(2)17-11-24-20(30-17)13-31-21-12-25-22(32-21)27-19(29)10-6-9-18(28)26-16-8-5-4-7-15(16)23/h3-5,7-8,11-12H,6,9-10,13,23H2,1-2H3,(H,26,28)(H,25,27,29)/b14-3-. The number of nitrogens with two attached hydrogens (primary N) is 1. The molecule has 32 heavy (non-hydrogen) atoms. The summed E-state index contributed by atoms with van der Waals surface area (Å²) >= 11 is 2.93. The molecule has 4 N–H and O–H groups in total. The van der Waals surface area contributed by atoms with Crippen molar-refractivity contribution in [2.75, 3.05) is 16.4 Å². The Morgan fingerprint density at radius 1 is 1.16 bits per heavy atom. The van der Waals surface area contributed by atoms with Gasteiger partial charge in [0.1, 0.15) is 5.76 Å². The lowest BCUT2D eigenvalue weighted by Crippen LogP contribution is -2.15. The first-order chi connectivity index (χ1) is 15.4. The van der Waals surface area contributed by atoms with E-state index in [0.29, 0.717) is 34.6 Å². The largest absolute Gasteiger partial charge is 0.440 e. The van der Waals surface area contributed by atoms with Crippen LogP contribution >= 0.6 is 23.1 Å². The Bertz CT molecular complexity index is 1110. The molecule has 0 saturated heterocycles. The molecule has 0 radical (unpaired) electrons. The van der Waals surface area contributed by atoms with Crippen LogP contribution in [0.4, 0.5) is 16.5 Å². The first kappa shape index (κ1) is 23.6. The average molecular weight is 472 g/mol. The lowest BCUT2D eigenvalue weighted by molar-refractivity contribution is -0.117. The van der Waals surface area contributed by atoms with Crippen molar-refractivity contribution in [1.82, 2.24) is 9.97 Å². The predicted molar refractivity (Wildman–Crippen MR) is 129 cm³/mol. The van der Waals surface area contributed by atoms with E-state index in [-0.39, 0.29) is 24.7 Å². The van der Waals surface area contributed by atoms with Gasteiger partial charge in [-0.2, -0.15) is 0 Å². The number of amides is 2. The number of carbonyl (C=O) groups excluding carboxylic acids is 2. The molecule has 0 spiro atoms. The lowest BCUT2D eigenvalue weighted by atomic mass is 10.2. The fraction of sp³-hybridized carbons (Fsp3) is 0.273. The highest BCUT2D eigenvalue weighted by molar-refractivity contribution is 8.00. The third-order valence-corrected chi connectivity index (χ3v) is 6.58. The molecule has 3 aromatic rings. The number of allylic oxidation sites excluding steroid dienone is 2. The maximum absolute atomic E-state index is 12.2. The molecule has 0 aliphatic rings. The number of hydrogen-bond acceptors (Lipinski definition) is 8. The Hall–Kier alpha value is -3.11. The van der Waals surface area contributed by atoms with Crippen molar-refractivity contribution in [3.05, 3.63) is 54.4 Å². The minimum absolute atomic E-state index is 0.178. The molecular weight excluding hydrogens is 446 g/mol. The molecule has 168 valence electrons. The van der Waals surface area contributed by atoms with Gasteiger partial charge in [0.05, 0.1) is 33.7 Å². The van der Waals surface area contributed by atoms with E-state index in [1.54, 1.807) is 48.4 Å². The van der Waals surface area contributed by atoms with Crippen LogP contribution in [-0.4, -0.2) is 21.8 Å². The van der Waals surface area contributed by atoms with Crippen LogP contribution in [0.2, 0.25) is 0 Å². The summed E-state index contributed by atoms with van der Waals surface area (Å²) in [7, 11) is 0. The highest BCUT2D eigenvalue weighted by Crippen LogP contribution is 2.31. The van der Waals surface area contributed by atoms with E-state index >= 15 is 0 Å². The van der Waals surface area contributed by atoms with Gasteiger partial charge in [0, 0.05) is 12.8 Å². The third kappa shape index (κ3) is 6.96. The number of thiazole rings is 1. The van der Waals surface area contributed by atoms with E-state index in [9.17, 15) is 9.59 Å². The number of anilines is 3. The van der Waals surface area contributed by atoms with Gasteiger partial charge in [0.2, 0.25) is 17.7 Å². The number of nitrogen functional groups attached to an aromatic ring is 1. The molecule has 0 aliphatic carbocycles. The van der Waals surface area contributed by atoms with Crippen LogP contribution < -0.4 is 16.4 Å². The highest BCUT2D eigenvalue weighted by Gasteiger charge is 2.11. The van der Waals surface area contributed by atoms with Gasteiger partial charge in [-0.25, -0.2) is 9.97 Å². The van der Waals surface area contributed by atoms with Crippen molar-refractivity contribution in [1.29, 1.82) is 0 Å². The van der Waals surface area contributed by atoms with Crippen LogP contribution in [0.15, 0.2) is 51.4 Å². The summed E-state index contributed by atoms with van der Waals surface area (Å²) in [4.78, 5) is 32.7. The van der Waals surface area contributed by atoms with Crippen molar-refractivity contribution in [2.45, 2.75) is 43.1 Å². The Labute approximate surface area is 194 Å². The predicted octanol–water partition coefficient (Wildman–Crippen LogP) is 5.18. The molecular formula is C22H25N5O3S2. The van der Waals surface area contributed by atoms with E-state index in [1.807, 2.05) is 19.9 Å². The molecule has 10 heteroatoms. The number of carbonyl (C=O) groups is 2. The number of aromatic nitrogens is 2. The molecule has 0 saturated carbocycles. The van der Waals surface area contributed by atoms with E-state index in [4.69, 9.17) is 10.2 Å². The summed E-state index contributed by atoms with van der Waals surface area (Å²) in [6.07, 6.45) is 6.29. The quantitative estimate of drug-likeness (QED) is 0.275. The summed E-state index contributed by atoms with van der Waals surface area (Å²) in [6, 6.07) is 7.06. The van der Waals surface area contributed by atoms with E-state index in [1.165, 1.54) is 11.3 Å². The van der Waals surface area contributed by atoms with Crippen LogP contribution in [0.1, 0.15) is 44.8 Å². The summed E-state index contributed by atoms with van der Waals surface area (Å²) in [5.74, 6) is 1.63. The van der Waals surface area contributed by atoms with Crippen molar-refractivity contribution in [2.24, 2.45) is 0 Å². The second-order valence-corrected chi connectivity index (χ2v) is 9.21. The monoisotopic (exact) mass is 471 g/mol. The first-order valence-electron chi connectivity index (χ1n) is 10.1. The topological polar surface area (TPSA) is 123 Å². The van der Waals surface area contributed by atoms with Gasteiger partial charge in [-0.15, -0.1) is 11.8 Å². The molecule has 1 aromatic carbocycles. The number of oxazole rings is 1.